The Bertz CT molecular complexity index is 1070. The van der Waals surface area contributed by atoms with Gasteiger partial charge in [-0.2, -0.15) is 0 Å². The Balaban J connectivity index is 1.42. The van der Waals surface area contributed by atoms with Gasteiger partial charge >= 0.3 is 0 Å². The van der Waals surface area contributed by atoms with E-state index in [0.29, 0.717) is 24.5 Å². The first kappa shape index (κ1) is 19.2. The Hall–Kier alpha value is -2.13. The number of rotatable bonds is 6. The zero-order chi connectivity index (χ0) is 19.7. The normalized spacial score (nSPS) is 18.6. The van der Waals surface area contributed by atoms with Crippen molar-refractivity contribution in [1.82, 2.24) is 19.7 Å². The Kier molecular flexibility index (Phi) is 5.29. The van der Waals surface area contributed by atoms with Crippen LogP contribution in [0.4, 0.5) is 0 Å². The summed E-state index contributed by atoms with van der Waals surface area (Å²) in [6.45, 7) is 1.91. The highest BCUT2D eigenvalue weighted by atomic mass is 32.2. The molecule has 1 aromatic carbocycles. The molecule has 1 unspecified atom stereocenters. The van der Waals surface area contributed by atoms with Crippen LogP contribution in [0.2, 0.25) is 0 Å². The minimum atomic E-state index is -2.87. The zero-order valence-electron chi connectivity index (χ0n) is 15.8. The summed E-state index contributed by atoms with van der Waals surface area (Å²) in [6, 6.07) is 9.82. The Morgan fingerprint density at radius 3 is 2.75 bits per heavy atom. The number of oxazole rings is 1. The van der Waals surface area contributed by atoms with Crippen LogP contribution in [0.1, 0.15) is 23.7 Å². The third-order valence-corrected chi connectivity index (χ3v) is 7.84. The Morgan fingerprint density at radius 1 is 1.25 bits per heavy atom. The van der Waals surface area contributed by atoms with Crippen molar-refractivity contribution in [2.75, 3.05) is 11.5 Å². The van der Waals surface area contributed by atoms with Crippen molar-refractivity contribution in [3.63, 3.8) is 0 Å². The van der Waals surface area contributed by atoms with E-state index in [2.05, 4.69) is 15.2 Å². The van der Waals surface area contributed by atoms with Crippen molar-refractivity contribution in [2.45, 2.75) is 30.7 Å². The molecule has 7 nitrogen and oxygen atoms in total. The lowest BCUT2D eigenvalue weighted by atomic mass is 10.1. The number of sulfone groups is 1. The number of hydrogen-bond acceptors (Lipinski definition) is 7. The Morgan fingerprint density at radius 2 is 2.04 bits per heavy atom. The summed E-state index contributed by atoms with van der Waals surface area (Å²) in [7, 11) is -0.952. The van der Waals surface area contributed by atoms with Gasteiger partial charge in [0.25, 0.3) is 0 Å². The van der Waals surface area contributed by atoms with Gasteiger partial charge in [0.2, 0.25) is 5.89 Å². The molecule has 0 N–H and O–H groups in total. The summed E-state index contributed by atoms with van der Waals surface area (Å²) in [5, 5.41) is 9.33. The number of aromatic nitrogens is 4. The third-order valence-electron chi connectivity index (χ3n) is 4.97. The lowest BCUT2D eigenvalue weighted by Gasteiger charge is -2.07. The summed E-state index contributed by atoms with van der Waals surface area (Å²) >= 11 is 1.55. The Labute approximate surface area is 168 Å². The van der Waals surface area contributed by atoms with Crippen molar-refractivity contribution in [2.24, 2.45) is 13.0 Å². The van der Waals surface area contributed by atoms with Gasteiger partial charge in [-0.3, -0.25) is 0 Å². The molecule has 2 aromatic heterocycles. The van der Waals surface area contributed by atoms with Crippen LogP contribution in [0.25, 0.3) is 11.5 Å². The van der Waals surface area contributed by atoms with Gasteiger partial charge in [-0.05, 0) is 31.4 Å². The van der Waals surface area contributed by atoms with Crippen molar-refractivity contribution < 1.29 is 12.8 Å². The SMILES string of the molecule is Cc1oc(-c2ccccc2)nc1CSc1nnc(CC2CCS(=O)(=O)C2)n1C. The molecule has 0 amide bonds. The highest BCUT2D eigenvalue weighted by Crippen LogP contribution is 2.28. The summed E-state index contributed by atoms with van der Waals surface area (Å²) in [4.78, 5) is 4.62. The molecule has 0 radical (unpaired) electrons. The highest BCUT2D eigenvalue weighted by Gasteiger charge is 2.29. The molecule has 3 aromatic rings. The molecule has 28 heavy (non-hydrogen) atoms. The first-order valence-electron chi connectivity index (χ1n) is 9.14. The molecular weight excluding hydrogens is 396 g/mol. The summed E-state index contributed by atoms with van der Waals surface area (Å²) in [5.74, 6) is 3.55. The average Bonchev–Trinajstić information content (AvgIpc) is 3.33. The number of thioether (sulfide) groups is 1. The van der Waals surface area contributed by atoms with E-state index in [4.69, 9.17) is 4.42 Å². The summed E-state index contributed by atoms with van der Waals surface area (Å²) < 4.78 is 31.1. The molecular formula is C19H22N4O3S2. The van der Waals surface area contributed by atoms with E-state index in [-0.39, 0.29) is 17.4 Å². The number of aryl methyl sites for hydroxylation is 1. The average molecular weight is 419 g/mol. The van der Waals surface area contributed by atoms with Crippen LogP contribution in [0.15, 0.2) is 39.9 Å². The van der Waals surface area contributed by atoms with Crippen LogP contribution in [0.3, 0.4) is 0 Å². The van der Waals surface area contributed by atoms with Gasteiger partial charge in [-0.25, -0.2) is 13.4 Å². The van der Waals surface area contributed by atoms with E-state index in [0.717, 1.165) is 28.0 Å². The maximum atomic E-state index is 11.7. The van der Waals surface area contributed by atoms with Crippen molar-refractivity contribution in [1.29, 1.82) is 0 Å². The fourth-order valence-electron chi connectivity index (χ4n) is 3.34. The molecule has 3 heterocycles. The molecule has 0 bridgehead atoms. The standard InChI is InChI=1S/C19H22N4O3S2/c1-13-16(20-18(26-13)15-6-4-3-5-7-15)11-27-19-22-21-17(23(19)2)10-14-8-9-28(24,25)12-14/h3-7,14H,8-12H2,1-2H3. The van der Waals surface area contributed by atoms with Gasteiger partial charge in [-0.15, -0.1) is 10.2 Å². The topological polar surface area (TPSA) is 90.9 Å². The fraction of sp³-hybridized carbons (Fsp3) is 0.421. The second-order valence-electron chi connectivity index (χ2n) is 7.11. The monoisotopic (exact) mass is 418 g/mol. The first-order chi connectivity index (χ1) is 13.4. The lowest BCUT2D eigenvalue weighted by molar-refractivity contribution is 0.540. The smallest absolute Gasteiger partial charge is 0.226 e. The van der Waals surface area contributed by atoms with Gasteiger partial charge in [-0.1, -0.05) is 30.0 Å². The zero-order valence-corrected chi connectivity index (χ0v) is 17.5. The predicted octanol–water partition coefficient (Wildman–Crippen LogP) is 3.05. The van der Waals surface area contributed by atoms with Crippen LogP contribution in [-0.4, -0.2) is 39.7 Å². The van der Waals surface area contributed by atoms with Gasteiger partial charge < -0.3 is 8.98 Å². The lowest BCUT2D eigenvalue weighted by Crippen LogP contribution is -2.11. The predicted molar refractivity (Wildman–Crippen MR) is 108 cm³/mol. The van der Waals surface area contributed by atoms with Gasteiger partial charge in [0.15, 0.2) is 15.0 Å². The fourth-order valence-corrected chi connectivity index (χ4v) is 6.13. The van der Waals surface area contributed by atoms with E-state index in [1.165, 1.54) is 0 Å². The van der Waals surface area contributed by atoms with Crippen LogP contribution in [-0.2, 0) is 29.1 Å². The molecule has 1 aliphatic rings. The van der Waals surface area contributed by atoms with E-state index >= 15 is 0 Å². The highest BCUT2D eigenvalue weighted by molar-refractivity contribution is 7.98. The molecule has 1 aliphatic heterocycles. The molecule has 148 valence electrons. The van der Waals surface area contributed by atoms with Crippen LogP contribution < -0.4 is 0 Å². The van der Waals surface area contributed by atoms with E-state index < -0.39 is 9.84 Å². The van der Waals surface area contributed by atoms with Gasteiger partial charge in [0.1, 0.15) is 11.6 Å². The summed E-state index contributed by atoms with van der Waals surface area (Å²) in [6.07, 6.45) is 1.35. The minimum Gasteiger partial charge on any atom is -0.441 e. The largest absolute Gasteiger partial charge is 0.441 e. The quantitative estimate of drug-likeness (QED) is 0.568. The van der Waals surface area contributed by atoms with E-state index in [1.807, 2.05) is 48.9 Å². The molecule has 0 spiro atoms. The van der Waals surface area contributed by atoms with Crippen LogP contribution >= 0.6 is 11.8 Å². The molecule has 4 rings (SSSR count). The molecule has 9 heteroatoms. The van der Waals surface area contributed by atoms with Crippen molar-refractivity contribution >= 4 is 21.6 Å². The number of benzene rings is 1. The molecule has 1 fully saturated rings. The first-order valence-corrected chi connectivity index (χ1v) is 12.0. The molecule has 0 saturated carbocycles. The minimum absolute atomic E-state index is 0.136. The van der Waals surface area contributed by atoms with Crippen LogP contribution in [0, 0.1) is 12.8 Å². The second-order valence-corrected chi connectivity index (χ2v) is 10.3. The maximum absolute atomic E-state index is 11.7. The van der Waals surface area contributed by atoms with E-state index in [1.54, 1.807) is 11.8 Å². The maximum Gasteiger partial charge on any atom is 0.226 e. The van der Waals surface area contributed by atoms with Gasteiger partial charge in [0, 0.05) is 24.8 Å². The summed E-state index contributed by atoms with van der Waals surface area (Å²) in [5.41, 5.74) is 1.84. The number of nitrogens with zero attached hydrogens (tertiary/aromatic N) is 4. The van der Waals surface area contributed by atoms with Crippen LogP contribution in [0.5, 0.6) is 0 Å². The molecule has 0 aliphatic carbocycles. The van der Waals surface area contributed by atoms with Crippen molar-refractivity contribution in [3.8, 4) is 11.5 Å². The van der Waals surface area contributed by atoms with Gasteiger partial charge in [0.05, 0.1) is 17.2 Å². The number of hydrogen-bond donors (Lipinski definition) is 0. The molecule has 1 saturated heterocycles. The van der Waals surface area contributed by atoms with Crippen molar-refractivity contribution in [3.05, 3.63) is 47.6 Å². The molecule has 1 atom stereocenters. The van der Waals surface area contributed by atoms with E-state index in [9.17, 15) is 8.42 Å². The third kappa shape index (κ3) is 4.15. The second kappa shape index (κ2) is 7.71.